The van der Waals surface area contributed by atoms with E-state index in [1.165, 1.54) is 11.3 Å². The molecule has 2 N–H and O–H groups in total. The van der Waals surface area contributed by atoms with Gasteiger partial charge in [0.1, 0.15) is 0 Å². The van der Waals surface area contributed by atoms with Crippen LogP contribution in [0.4, 0.5) is 0 Å². The predicted molar refractivity (Wildman–Crippen MR) is 76.7 cm³/mol. The molecule has 3 nitrogen and oxygen atoms in total. The summed E-state index contributed by atoms with van der Waals surface area (Å²) in [5.74, 6) is 0. The third-order valence-electron chi connectivity index (χ3n) is 3.98. The second-order valence-corrected chi connectivity index (χ2v) is 6.89. The lowest BCUT2D eigenvalue weighted by atomic mass is 9.74. The summed E-state index contributed by atoms with van der Waals surface area (Å²) in [5, 5.41) is 0. The highest BCUT2D eigenvalue weighted by Gasteiger charge is 2.32. The van der Waals surface area contributed by atoms with Crippen molar-refractivity contribution in [2.24, 2.45) is 11.1 Å². The van der Waals surface area contributed by atoms with Gasteiger partial charge in [-0.1, -0.05) is 13.8 Å². The van der Waals surface area contributed by atoms with Crippen LogP contribution in [0.5, 0.6) is 0 Å². The highest BCUT2D eigenvalue weighted by atomic mass is 15.1. The molecule has 1 heterocycles. The highest BCUT2D eigenvalue weighted by molar-refractivity contribution is 5.30. The molecule has 18 heavy (non-hydrogen) atoms. The highest BCUT2D eigenvalue weighted by Crippen LogP contribution is 2.40. The first-order valence-corrected chi connectivity index (χ1v) is 6.90. The molecule has 0 saturated carbocycles. The van der Waals surface area contributed by atoms with Crippen LogP contribution < -0.4 is 5.73 Å². The summed E-state index contributed by atoms with van der Waals surface area (Å²) in [7, 11) is 4.25. The van der Waals surface area contributed by atoms with E-state index in [2.05, 4.69) is 56.6 Å². The van der Waals surface area contributed by atoms with Crippen LogP contribution >= 0.6 is 0 Å². The van der Waals surface area contributed by atoms with Crippen molar-refractivity contribution >= 4 is 0 Å². The molecule has 3 heteroatoms. The van der Waals surface area contributed by atoms with Gasteiger partial charge in [0.25, 0.3) is 0 Å². The number of rotatable bonds is 3. The standard InChI is InChI=1S/C15H27N3/c1-11(10-17(4)5)18-7-6-12-13(16)8-15(2,3)9-14(12)18/h6-7,11,13H,8-10,16H2,1-5H3. The van der Waals surface area contributed by atoms with Gasteiger partial charge in [0.2, 0.25) is 0 Å². The Labute approximate surface area is 111 Å². The van der Waals surface area contributed by atoms with E-state index in [4.69, 9.17) is 5.73 Å². The average molecular weight is 249 g/mol. The normalized spacial score (nSPS) is 24.1. The number of aromatic nitrogens is 1. The van der Waals surface area contributed by atoms with E-state index < -0.39 is 0 Å². The third kappa shape index (κ3) is 2.62. The fourth-order valence-electron chi connectivity index (χ4n) is 3.29. The van der Waals surface area contributed by atoms with Gasteiger partial charge in [0.05, 0.1) is 0 Å². The van der Waals surface area contributed by atoms with Crippen molar-refractivity contribution in [3.05, 3.63) is 23.5 Å². The predicted octanol–water partition coefficient (Wildman–Crippen LogP) is 2.58. The molecular weight excluding hydrogens is 222 g/mol. The number of nitrogens with zero attached hydrogens (tertiary/aromatic N) is 2. The Hall–Kier alpha value is -0.800. The van der Waals surface area contributed by atoms with Crippen molar-refractivity contribution in [1.29, 1.82) is 0 Å². The zero-order valence-electron chi connectivity index (χ0n) is 12.4. The molecule has 0 spiro atoms. The van der Waals surface area contributed by atoms with Crippen molar-refractivity contribution in [3.63, 3.8) is 0 Å². The summed E-state index contributed by atoms with van der Waals surface area (Å²) in [5.41, 5.74) is 9.45. The Bertz CT molecular complexity index is 417. The maximum Gasteiger partial charge on any atom is 0.0432 e. The molecule has 0 aromatic carbocycles. The first-order valence-electron chi connectivity index (χ1n) is 6.90. The van der Waals surface area contributed by atoms with Crippen LogP contribution in [0, 0.1) is 5.41 Å². The quantitative estimate of drug-likeness (QED) is 0.893. The lowest BCUT2D eigenvalue weighted by molar-refractivity contribution is 0.265. The van der Waals surface area contributed by atoms with Gasteiger partial charge in [0, 0.05) is 30.5 Å². The van der Waals surface area contributed by atoms with Crippen molar-refractivity contribution in [2.45, 2.75) is 45.7 Å². The number of fused-ring (bicyclic) bond motifs is 1. The molecule has 1 aliphatic rings. The Balaban J connectivity index is 2.30. The van der Waals surface area contributed by atoms with Crippen molar-refractivity contribution in [1.82, 2.24) is 9.47 Å². The maximum absolute atomic E-state index is 6.31. The molecule has 2 unspecified atom stereocenters. The minimum Gasteiger partial charge on any atom is -0.347 e. The van der Waals surface area contributed by atoms with Gasteiger partial charge in [-0.05, 0) is 50.9 Å². The summed E-state index contributed by atoms with van der Waals surface area (Å²) in [4.78, 5) is 2.24. The van der Waals surface area contributed by atoms with E-state index in [1.54, 1.807) is 0 Å². The van der Waals surface area contributed by atoms with Crippen LogP contribution in [0.1, 0.15) is 50.5 Å². The van der Waals surface area contributed by atoms with Crippen LogP contribution in [0.15, 0.2) is 12.3 Å². The van der Waals surface area contributed by atoms with Gasteiger partial charge in [-0.2, -0.15) is 0 Å². The van der Waals surface area contributed by atoms with E-state index in [-0.39, 0.29) is 6.04 Å². The SMILES string of the molecule is CC(CN(C)C)n1ccc2c1CC(C)(C)CC2N. The molecule has 0 bridgehead atoms. The molecule has 0 aliphatic heterocycles. The molecule has 0 saturated heterocycles. The van der Waals surface area contributed by atoms with Crippen LogP contribution in [0.2, 0.25) is 0 Å². The Kier molecular flexibility index (Phi) is 3.56. The lowest BCUT2D eigenvalue weighted by Gasteiger charge is -2.35. The summed E-state index contributed by atoms with van der Waals surface area (Å²) in [6.45, 7) is 8.00. The van der Waals surface area contributed by atoms with Gasteiger partial charge >= 0.3 is 0 Å². The van der Waals surface area contributed by atoms with Crippen molar-refractivity contribution < 1.29 is 0 Å². The smallest absolute Gasteiger partial charge is 0.0432 e. The maximum atomic E-state index is 6.31. The zero-order chi connectivity index (χ0) is 13.5. The monoisotopic (exact) mass is 249 g/mol. The van der Waals surface area contributed by atoms with Crippen LogP contribution in [-0.2, 0) is 6.42 Å². The molecule has 1 aromatic heterocycles. The first-order chi connectivity index (χ1) is 8.30. The number of likely N-dealkylation sites (N-methyl/N-ethyl adjacent to an activating group) is 1. The molecule has 1 aliphatic carbocycles. The van der Waals surface area contributed by atoms with E-state index in [0.29, 0.717) is 11.5 Å². The number of nitrogens with two attached hydrogens (primary N) is 1. The Morgan fingerprint density at radius 3 is 2.78 bits per heavy atom. The lowest BCUT2D eigenvalue weighted by Crippen LogP contribution is -2.32. The van der Waals surface area contributed by atoms with Gasteiger partial charge in [-0.25, -0.2) is 0 Å². The van der Waals surface area contributed by atoms with Crippen LogP contribution in [0.3, 0.4) is 0 Å². The molecular formula is C15H27N3. The zero-order valence-corrected chi connectivity index (χ0v) is 12.4. The molecule has 0 radical (unpaired) electrons. The van der Waals surface area contributed by atoms with E-state index in [0.717, 1.165) is 19.4 Å². The van der Waals surface area contributed by atoms with Crippen molar-refractivity contribution in [2.75, 3.05) is 20.6 Å². The fourth-order valence-corrected chi connectivity index (χ4v) is 3.29. The van der Waals surface area contributed by atoms with E-state index >= 15 is 0 Å². The number of hydrogen-bond donors (Lipinski definition) is 1. The van der Waals surface area contributed by atoms with Gasteiger partial charge in [-0.15, -0.1) is 0 Å². The molecule has 102 valence electrons. The second-order valence-electron chi connectivity index (χ2n) is 6.89. The fraction of sp³-hybridized carbons (Fsp3) is 0.733. The van der Waals surface area contributed by atoms with Gasteiger partial charge in [-0.3, -0.25) is 0 Å². The molecule has 2 atom stereocenters. The molecule has 0 fully saturated rings. The summed E-state index contributed by atoms with van der Waals surface area (Å²) >= 11 is 0. The first kappa shape index (κ1) is 13.6. The third-order valence-corrected chi connectivity index (χ3v) is 3.98. The number of hydrogen-bond acceptors (Lipinski definition) is 2. The van der Waals surface area contributed by atoms with Gasteiger partial charge < -0.3 is 15.2 Å². The second kappa shape index (κ2) is 4.71. The summed E-state index contributed by atoms with van der Waals surface area (Å²) in [6.07, 6.45) is 4.45. The Morgan fingerprint density at radius 1 is 1.50 bits per heavy atom. The largest absolute Gasteiger partial charge is 0.347 e. The van der Waals surface area contributed by atoms with E-state index in [9.17, 15) is 0 Å². The molecule has 0 amide bonds. The topological polar surface area (TPSA) is 34.2 Å². The van der Waals surface area contributed by atoms with Crippen LogP contribution in [0.25, 0.3) is 0 Å². The molecule has 2 rings (SSSR count). The summed E-state index contributed by atoms with van der Waals surface area (Å²) in [6, 6.07) is 2.93. The van der Waals surface area contributed by atoms with Gasteiger partial charge in [0.15, 0.2) is 0 Å². The minimum atomic E-state index is 0.205. The summed E-state index contributed by atoms with van der Waals surface area (Å²) < 4.78 is 2.43. The average Bonchev–Trinajstić information content (AvgIpc) is 2.58. The van der Waals surface area contributed by atoms with Crippen LogP contribution in [-0.4, -0.2) is 30.1 Å². The molecule has 1 aromatic rings. The Morgan fingerprint density at radius 2 is 2.17 bits per heavy atom. The van der Waals surface area contributed by atoms with Crippen molar-refractivity contribution in [3.8, 4) is 0 Å². The van der Waals surface area contributed by atoms with E-state index in [1.807, 2.05) is 0 Å². The minimum absolute atomic E-state index is 0.205.